The quantitative estimate of drug-likeness (QED) is 0.350. The molecule has 0 unspecified atom stereocenters. The molecule has 0 aliphatic heterocycles. The average molecular weight is 482 g/mol. The molecule has 0 aliphatic rings. The van der Waals surface area contributed by atoms with Crippen LogP contribution in [-0.4, -0.2) is 37.2 Å². The Kier molecular flexibility index (Phi) is 7.00. The van der Waals surface area contributed by atoms with Gasteiger partial charge in [0.15, 0.2) is 15.0 Å². The fraction of sp³-hybridized carbons (Fsp3) is 0.208. The number of aromatic nitrogens is 2. The van der Waals surface area contributed by atoms with E-state index in [1.54, 1.807) is 29.4 Å². The molecule has 0 radical (unpaired) electrons. The normalized spacial score (nSPS) is 11.4. The predicted molar refractivity (Wildman–Crippen MR) is 129 cm³/mol. The second-order valence-electron chi connectivity index (χ2n) is 7.40. The highest BCUT2D eigenvalue weighted by molar-refractivity contribution is 7.91. The first-order valence-corrected chi connectivity index (χ1v) is 12.8. The van der Waals surface area contributed by atoms with E-state index in [4.69, 9.17) is 4.74 Å². The standard InChI is InChI=1S/C24H23N3O4S2/c1-31-19-8-10-20(11-9-19)33(29,30)16-4-7-23(28)27(17-18-12-14-25-15-13-18)24-26-21-5-2-3-6-22(21)32-24/h2-3,5-6,8-15H,4,7,16-17H2,1H3. The fourth-order valence-corrected chi connectivity index (χ4v) is 5.65. The van der Waals surface area contributed by atoms with Crippen molar-refractivity contribution < 1.29 is 17.9 Å². The van der Waals surface area contributed by atoms with Crippen molar-refractivity contribution in [1.29, 1.82) is 0 Å². The minimum atomic E-state index is -3.50. The minimum Gasteiger partial charge on any atom is -0.497 e. The first kappa shape index (κ1) is 22.9. The van der Waals surface area contributed by atoms with Crippen LogP contribution in [0.3, 0.4) is 0 Å². The molecular formula is C24H23N3O4S2. The second kappa shape index (κ2) is 10.1. The van der Waals surface area contributed by atoms with Gasteiger partial charge >= 0.3 is 0 Å². The summed E-state index contributed by atoms with van der Waals surface area (Å²) in [5.41, 5.74) is 1.75. The van der Waals surface area contributed by atoms with Gasteiger partial charge in [0.2, 0.25) is 5.91 Å². The Bertz CT molecular complexity index is 1300. The zero-order valence-corrected chi connectivity index (χ0v) is 19.7. The van der Waals surface area contributed by atoms with Crippen molar-refractivity contribution in [3.63, 3.8) is 0 Å². The molecule has 2 aromatic heterocycles. The van der Waals surface area contributed by atoms with Crippen LogP contribution in [0.1, 0.15) is 18.4 Å². The number of ether oxygens (including phenoxy) is 1. The van der Waals surface area contributed by atoms with Crippen molar-refractivity contribution in [2.24, 2.45) is 0 Å². The smallest absolute Gasteiger partial charge is 0.229 e. The van der Waals surface area contributed by atoms with Gasteiger partial charge in [0.05, 0.1) is 34.5 Å². The third-order valence-corrected chi connectivity index (χ3v) is 8.00. The largest absolute Gasteiger partial charge is 0.497 e. The molecule has 0 spiro atoms. The lowest BCUT2D eigenvalue weighted by Crippen LogP contribution is -2.30. The van der Waals surface area contributed by atoms with Crippen LogP contribution in [0.15, 0.2) is 78.0 Å². The number of pyridine rings is 1. The molecule has 170 valence electrons. The lowest BCUT2D eigenvalue weighted by molar-refractivity contribution is -0.118. The number of anilines is 1. The van der Waals surface area contributed by atoms with Crippen molar-refractivity contribution in [2.75, 3.05) is 17.8 Å². The molecule has 0 bridgehead atoms. The maximum Gasteiger partial charge on any atom is 0.229 e. The second-order valence-corrected chi connectivity index (χ2v) is 10.5. The van der Waals surface area contributed by atoms with E-state index in [2.05, 4.69) is 9.97 Å². The lowest BCUT2D eigenvalue weighted by Gasteiger charge is -2.20. The number of hydrogen-bond acceptors (Lipinski definition) is 7. The molecule has 0 N–H and O–H groups in total. The topological polar surface area (TPSA) is 89.5 Å². The molecule has 4 aromatic rings. The Hall–Kier alpha value is -3.30. The van der Waals surface area contributed by atoms with Gasteiger partial charge in [-0.05, 0) is 60.5 Å². The summed E-state index contributed by atoms with van der Waals surface area (Å²) in [6.07, 6.45) is 3.66. The summed E-state index contributed by atoms with van der Waals surface area (Å²) in [7, 11) is -1.97. The number of carbonyl (C=O) groups excluding carboxylic acids is 1. The van der Waals surface area contributed by atoms with E-state index in [1.165, 1.54) is 30.6 Å². The molecule has 33 heavy (non-hydrogen) atoms. The molecule has 2 heterocycles. The van der Waals surface area contributed by atoms with Crippen LogP contribution in [0.4, 0.5) is 5.13 Å². The summed E-state index contributed by atoms with van der Waals surface area (Å²) in [5.74, 6) is 0.302. The van der Waals surface area contributed by atoms with E-state index in [-0.39, 0.29) is 29.4 Å². The molecule has 2 aromatic carbocycles. The number of carbonyl (C=O) groups is 1. The van der Waals surface area contributed by atoms with E-state index in [1.807, 2.05) is 36.4 Å². The van der Waals surface area contributed by atoms with E-state index < -0.39 is 9.84 Å². The summed E-state index contributed by atoms with van der Waals surface area (Å²) in [6, 6.07) is 17.7. The van der Waals surface area contributed by atoms with Crippen LogP contribution in [0.5, 0.6) is 5.75 Å². The first-order chi connectivity index (χ1) is 16.0. The van der Waals surface area contributed by atoms with Crippen LogP contribution >= 0.6 is 11.3 Å². The number of sulfone groups is 1. The summed E-state index contributed by atoms with van der Waals surface area (Å²) in [4.78, 5) is 23.7. The Morgan fingerprint density at radius 3 is 2.45 bits per heavy atom. The van der Waals surface area contributed by atoms with Crippen LogP contribution in [-0.2, 0) is 21.2 Å². The molecule has 4 rings (SSSR count). The highest BCUT2D eigenvalue weighted by Gasteiger charge is 2.22. The summed E-state index contributed by atoms with van der Waals surface area (Å²) >= 11 is 1.44. The number of rotatable bonds is 9. The van der Waals surface area contributed by atoms with Crippen molar-refractivity contribution in [1.82, 2.24) is 9.97 Å². The third-order valence-electron chi connectivity index (χ3n) is 5.13. The molecule has 1 amide bonds. The van der Waals surface area contributed by atoms with Crippen molar-refractivity contribution in [3.8, 4) is 5.75 Å². The number of fused-ring (bicyclic) bond motifs is 1. The van der Waals surface area contributed by atoms with Crippen molar-refractivity contribution in [3.05, 3.63) is 78.6 Å². The van der Waals surface area contributed by atoms with Gasteiger partial charge in [0, 0.05) is 18.8 Å². The molecule has 0 saturated carbocycles. The van der Waals surface area contributed by atoms with E-state index in [0.717, 1.165) is 15.8 Å². The Balaban J connectivity index is 1.48. The summed E-state index contributed by atoms with van der Waals surface area (Å²) in [5, 5.41) is 0.594. The zero-order valence-electron chi connectivity index (χ0n) is 18.0. The number of hydrogen-bond donors (Lipinski definition) is 0. The van der Waals surface area contributed by atoms with Gasteiger partial charge in [-0.3, -0.25) is 14.7 Å². The van der Waals surface area contributed by atoms with E-state index in [9.17, 15) is 13.2 Å². The zero-order chi connectivity index (χ0) is 23.3. The maximum atomic E-state index is 13.2. The molecule has 0 saturated heterocycles. The number of amides is 1. The van der Waals surface area contributed by atoms with Crippen molar-refractivity contribution >= 4 is 42.4 Å². The van der Waals surface area contributed by atoms with Gasteiger partial charge in [0.25, 0.3) is 0 Å². The van der Waals surface area contributed by atoms with Gasteiger partial charge in [0.1, 0.15) is 5.75 Å². The van der Waals surface area contributed by atoms with Crippen molar-refractivity contribution in [2.45, 2.75) is 24.3 Å². The molecular weight excluding hydrogens is 458 g/mol. The first-order valence-electron chi connectivity index (χ1n) is 10.4. The number of methoxy groups -OCH3 is 1. The Morgan fingerprint density at radius 1 is 1.03 bits per heavy atom. The monoisotopic (exact) mass is 481 g/mol. The number of thiazole rings is 1. The highest BCUT2D eigenvalue weighted by atomic mass is 32.2. The highest BCUT2D eigenvalue weighted by Crippen LogP contribution is 2.30. The minimum absolute atomic E-state index is 0.0936. The van der Waals surface area contributed by atoms with Gasteiger partial charge in [-0.1, -0.05) is 23.5 Å². The van der Waals surface area contributed by atoms with Crippen LogP contribution in [0.2, 0.25) is 0 Å². The SMILES string of the molecule is COc1ccc(S(=O)(=O)CCCC(=O)N(Cc2ccncc2)c2nc3ccccc3s2)cc1. The van der Waals surface area contributed by atoms with E-state index in [0.29, 0.717) is 17.4 Å². The predicted octanol–water partition coefficient (Wildman–Crippen LogP) is 4.49. The molecule has 0 aliphatic carbocycles. The maximum absolute atomic E-state index is 13.2. The molecule has 0 fully saturated rings. The number of para-hydroxylation sites is 1. The van der Waals surface area contributed by atoms with E-state index >= 15 is 0 Å². The lowest BCUT2D eigenvalue weighted by atomic mass is 10.2. The summed E-state index contributed by atoms with van der Waals surface area (Å²) < 4.78 is 31.4. The van der Waals surface area contributed by atoms with Gasteiger partial charge in [-0.25, -0.2) is 13.4 Å². The fourth-order valence-electron chi connectivity index (χ4n) is 3.36. The van der Waals surface area contributed by atoms with Crippen LogP contribution < -0.4 is 9.64 Å². The molecule has 0 atom stereocenters. The van der Waals surface area contributed by atoms with Gasteiger partial charge in [-0.15, -0.1) is 0 Å². The van der Waals surface area contributed by atoms with Gasteiger partial charge < -0.3 is 4.74 Å². The van der Waals surface area contributed by atoms with Crippen LogP contribution in [0, 0.1) is 0 Å². The molecule has 7 nitrogen and oxygen atoms in total. The number of benzene rings is 2. The summed E-state index contributed by atoms with van der Waals surface area (Å²) in [6.45, 7) is 0.340. The van der Waals surface area contributed by atoms with Crippen LogP contribution in [0.25, 0.3) is 10.2 Å². The Morgan fingerprint density at radius 2 is 1.76 bits per heavy atom. The number of nitrogens with zero attached hydrogens (tertiary/aromatic N) is 3. The Labute approximate surface area is 196 Å². The van der Waals surface area contributed by atoms with Gasteiger partial charge in [-0.2, -0.15) is 0 Å². The third kappa shape index (κ3) is 5.55. The molecule has 9 heteroatoms. The average Bonchev–Trinajstić information content (AvgIpc) is 3.27.